The number of ketones is 1. The maximum Gasteiger partial charge on any atom is 0.189 e. The van der Waals surface area contributed by atoms with Gasteiger partial charge in [0.2, 0.25) is 0 Å². The van der Waals surface area contributed by atoms with Gasteiger partial charge in [-0.25, -0.2) is 0 Å². The molecule has 25 heavy (non-hydrogen) atoms. The number of allylic oxidation sites excluding steroid dienone is 1. The zero-order chi connectivity index (χ0) is 18.2. The number of unbranched alkanes of at least 4 members (excludes halogenated alkanes) is 1. The van der Waals surface area contributed by atoms with Crippen molar-refractivity contribution in [1.82, 2.24) is 9.78 Å². The minimum absolute atomic E-state index is 0.0749. The van der Waals surface area contributed by atoms with Crippen molar-refractivity contribution >= 4 is 11.9 Å². The predicted octanol–water partition coefficient (Wildman–Crippen LogP) is 4.55. The van der Waals surface area contributed by atoms with E-state index in [0.717, 1.165) is 24.2 Å². The van der Waals surface area contributed by atoms with Crippen molar-refractivity contribution in [2.45, 2.75) is 39.7 Å². The first-order valence-corrected chi connectivity index (χ1v) is 8.62. The highest BCUT2D eigenvalue weighted by atomic mass is 16.5. The average Bonchev–Trinajstić information content (AvgIpc) is 3.11. The maximum absolute atomic E-state index is 12.3. The first-order valence-electron chi connectivity index (χ1n) is 8.62. The van der Waals surface area contributed by atoms with Crippen LogP contribution in [0.25, 0.3) is 6.08 Å². The fourth-order valence-electron chi connectivity index (χ4n) is 2.25. The van der Waals surface area contributed by atoms with Gasteiger partial charge in [-0.3, -0.25) is 9.48 Å². The Kier molecular flexibility index (Phi) is 6.81. The van der Waals surface area contributed by atoms with Gasteiger partial charge in [-0.05, 0) is 44.0 Å². The van der Waals surface area contributed by atoms with Gasteiger partial charge in [-0.1, -0.05) is 25.5 Å². The lowest BCUT2D eigenvalue weighted by Gasteiger charge is -2.10. The van der Waals surface area contributed by atoms with Crippen LogP contribution in [0.3, 0.4) is 0 Å². The predicted molar refractivity (Wildman–Crippen MR) is 99.4 cm³/mol. The second kappa shape index (κ2) is 9.06. The van der Waals surface area contributed by atoms with Crippen LogP contribution < -0.4 is 9.47 Å². The molecule has 0 unspecified atom stereocenters. The van der Waals surface area contributed by atoms with E-state index in [1.807, 2.05) is 32.0 Å². The van der Waals surface area contributed by atoms with Crippen molar-refractivity contribution in [2.24, 2.45) is 0 Å². The smallest absolute Gasteiger partial charge is 0.189 e. The van der Waals surface area contributed by atoms with Crippen molar-refractivity contribution < 1.29 is 14.3 Å². The molecule has 0 aliphatic carbocycles. The Hall–Kier alpha value is -2.56. The van der Waals surface area contributed by atoms with E-state index >= 15 is 0 Å². The van der Waals surface area contributed by atoms with Crippen LogP contribution >= 0.6 is 0 Å². The monoisotopic (exact) mass is 342 g/mol. The summed E-state index contributed by atoms with van der Waals surface area (Å²) in [4.78, 5) is 12.3. The number of carbonyl (C=O) groups is 1. The van der Waals surface area contributed by atoms with Gasteiger partial charge in [-0.2, -0.15) is 5.10 Å². The van der Waals surface area contributed by atoms with E-state index in [1.54, 1.807) is 36.3 Å². The average molecular weight is 342 g/mol. The van der Waals surface area contributed by atoms with Crippen LogP contribution in [-0.4, -0.2) is 29.3 Å². The van der Waals surface area contributed by atoms with Crippen molar-refractivity contribution in [3.8, 4) is 11.5 Å². The molecule has 0 saturated heterocycles. The number of rotatable bonds is 9. The third-order valence-corrected chi connectivity index (χ3v) is 3.79. The summed E-state index contributed by atoms with van der Waals surface area (Å²) in [6.45, 7) is 6.83. The highest BCUT2D eigenvalue weighted by Crippen LogP contribution is 2.28. The zero-order valence-corrected chi connectivity index (χ0v) is 15.4. The van der Waals surface area contributed by atoms with E-state index in [-0.39, 0.29) is 11.8 Å². The van der Waals surface area contributed by atoms with Gasteiger partial charge in [0.05, 0.1) is 25.5 Å². The molecule has 0 saturated carbocycles. The van der Waals surface area contributed by atoms with Crippen LogP contribution in [-0.2, 0) is 0 Å². The van der Waals surface area contributed by atoms with Crippen molar-refractivity contribution in [3.63, 3.8) is 0 Å². The Balaban J connectivity index is 2.07. The zero-order valence-electron chi connectivity index (χ0n) is 15.4. The molecule has 0 fully saturated rings. The molecule has 0 aliphatic heterocycles. The molecule has 5 heteroatoms. The molecule has 0 bridgehead atoms. The SMILES string of the molecule is CCCCOc1ccc(C=CC(=O)c2cnn(C(C)C)c2)cc1OC. The van der Waals surface area contributed by atoms with Crippen LogP contribution in [0.2, 0.25) is 0 Å². The Labute approximate surface area is 149 Å². The summed E-state index contributed by atoms with van der Waals surface area (Å²) >= 11 is 0. The summed E-state index contributed by atoms with van der Waals surface area (Å²) in [5.41, 5.74) is 1.46. The van der Waals surface area contributed by atoms with Crippen LogP contribution in [0.5, 0.6) is 11.5 Å². The van der Waals surface area contributed by atoms with Gasteiger partial charge in [-0.15, -0.1) is 0 Å². The first-order chi connectivity index (χ1) is 12.0. The lowest BCUT2D eigenvalue weighted by Crippen LogP contribution is -2.00. The van der Waals surface area contributed by atoms with Gasteiger partial charge >= 0.3 is 0 Å². The fraction of sp³-hybridized carbons (Fsp3) is 0.400. The summed E-state index contributed by atoms with van der Waals surface area (Å²) < 4.78 is 12.9. The molecule has 0 aliphatic rings. The summed E-state index contributed by atoms with van der Waals surface area (Å²) in [6.07, 6.45) is 8.77. The highest BCUT2D eigenvalue weighted by Gasteiger charge is 2.08. The highest BCUT2D eigenvalue weighted by molar-refractivity contribution is 6.06. The summed E-state index contributed by atoms with van der Waals surface area (Å²) in [7, 11) is 1.61. The van der Waals surface area contributed by atoms with Crippen LogP contribution in [0.1, 0.15) is 55.6 Å². The number of hydrogen-bond acceptors (Lipinski definition) is 4. The number of carbonyl (C=O) groups excluding carboxylic acids is 1. The lowest BCUT2D eigenvalue weighted by molar-refractivity contribution is 0.104. The number of aromatic nitrogens is 2. The van der Waals surface area contributed by atoms with E-state index < -0.39 is 0 Å². The standard InChI is InChI=1S/C20H26N2O3/c1-5-6-11-25-19-10-8-16(12-20(19)24-4)7-9-18(23)17-13-21-22(14-17)15(2)3/h7-10,12-15H,5-6,11H2,1-4H3. The molecule has 2 rings (SSSR count). The minimum atomic E-state index is -0.0749. The van der Waals surface area contributed by atoms with E-state index in [4.69, 9.17) is 9.47 Å². The lowest BCUT2D eigenvalue weighted by atomic mass is 10.1. The number of ether oxygens (including phenoxy) is 2. The Bertz CT molecular complexity index is 732. The molecule has 1 aromatic carbocycles. The fourth-order valence-corrected chi connectivity index (χ4v) is 2.25. The second-order valence-electron chi connectivity index (χ2n) is 6.11. The molecule has 1 heterocycles. The molecule has 0 radical (unpaired) electrons. The number of methoxy groups -OCH3 is 1. The molecule has 2 aromatic rings. The quantitative estimate of drug-likeness (QED) is 0.381. The van der Waals surface area contributed by atoms with Crippen LogP contribution in [0, 0.1) is 0 Å². The Morgan fingerprint density at radius 2 is 2.12 bits per heavy atom. The molecule has 0 spiro atoms. The molecule has 0 amide bonds. The third kappa shape index (κ3) is 5.21. The normalized spacial score (nSPS) is 11.2. The molecular formula is C20H26N2O3. The Morgan fingerprint density at radius 1 is 1.32 bits per heavy atom. The largest absolute Gasteiger partial charge is 0.493 e. The minimum Gasteiger partial charge on any atom is -0.493 e. The molecule has 1 aromatic heterocycles. The molecule has 5 nitrogen and oxygen atoms in total. The van der Waals surface area contributed by atoms with Crippen LogP contribution in [0.15, 0.2) is 36.7 Å². The summed E-state index contributed by atoms with van der Waals surface area (Å²) in [6, 6.07) is 5.87. The van der Waals surface area contributed by atoms with Crippen LogP contribution in [0.4, 0.5) is 0 Å². The third-order valence-electron chi connectivity index (χ3n) is 3.79. The summed E-state index contributed by atoms with van der Waals surface area (Å²) in [5, 5.41) is 4.19. The molecule has 0 N–H and O–H groups in total. The molecule has 134 valence electrons. The van der Waals surface area contributed by atoms with E-state index in [1.165, 1.54) is 0 Å². The van der Waals surface area contributed by atoms with Crippen molar-refractivity contribution in [3.05, 3.63) is 47.8 Å². The van der Waals surface area contributed by atoms with Gasteiger partial charge < -0.3 is 9.47 Å². The number of benzene rings is 1. The Morgan fingerprint density at radius 3 is 2.76 bits per heavy atom. The molecule has 0 atom stereocenters. The van der Waals surface area contributed by atoms with Gasteiger partial charge in [0.1, 0.15) is 0 Å². The number of hydrogen-bond donors (Lipinski definition) is 0. The second-order valence-corrected chi connectivity index (χ2v) is 6.11. The van der Waals surface area contributed by atoms with E-state index in [2.05, 4.69) is 12.0 Å². The van der Waals surface area contributed by atoms with Crippen molar-refractivity contribution in [2.75, 3.05) is 13.7 Å². The number of nitrogens with zero attached hydrogens (tertiary/aromatic N) is 2. The molecular weight excluding hydrogens is 316 g/mol. The topological polar surface area (TPSA) is 53.3 Å². The van der Waals surface area contributed by atoms with Crippen molar-refractivity contribution in [1.29, 1.82) is 0 Å². The summed E-state index contributed by atoms with van der Waals surface area (Å²) in [5.74, 6) is 1.31. The van der Waals surface area contributed by atoms with Gasteiger partial charge in [0.15, 0.2) is 17.3 Å². The first kappa shape index (κ1) is 18.8. The van der Waals surface area contributed by atoms with E-state index in [9.17, 15) is 4.79 Å². The van der Waals surface area contributed by atoms with E-state index in [0.29, 0.717) is 17.9 Å². The maximum atomic E-state index is 12.3. The van der Waals surface area contributed by atoms with Gasteiger partial charge in [0, 0.05) is 12.2 Å². The van der Waals surface area contributed by atoms with Gasteiger partial charge in [0.25, 0.3) is 0 Å².